The molecular formula is C12H18ClNO3. The molecule has 0 aromatic rings. The van der Waals surface area contributed by atoms with E-state index in [4.69, 9.17) is 16.3 Å². The monoisotopic (exact) mass is 259 g/mol. The second-order valence-electron chi connectivity index (χ2n) is 4.05. The Morgan fingerprint density at radius 1 is 1.29 bits per heavy atom. The first kappa shape index (κ1) is 14.2. The van der Waals surface area contributed by atoms with E-state index in [1.165, 1.54) is 6.42 Å². The number of rotatable bonds is 5. The number of hydrogen-bond donors (Lipinski definition) is 0. The summed E-state index contributed by atoms with van der Waals surface area (Å²) in [5.74, 6) is -1.33. The van der Waals surface area contributed by atoms with E-state index >= 15 is 0 Å². The van der Waals surface area contributed by atoms with Gasteiger partial charge in [0.25, 0.3) is 0 Å². The zero-order valence-corrected chi connectivity index (χ0v) is 10.8. The van der Waals surface area contributed by atoms with Crippen LogP contribution < -0.4 is 0 Å². The van der Waals surface area contributed by atoms with Crippen molar-refractivity contribution in [3.63, 3.8) is 0 Å². The molecule has 0 aromatic carbocycles. The van der Waals surface area contributed by atoms with Crippen LogP contribution in [0.15, 0.2) is 4.99 Å². The van der Waals surface area contributed by atoms with E-state index < -0.39 is 11.8 Å². The van der Waals surface area contributed by atoms with Gasteiger partial charge >= 0.3 is 5.97 Å². The van der Waals surface area contributed by atoms with Crippen molar-refractivity contribution < 1.29 is 14.3 Å². The standard InChI is InChI=1S/C12H18ClNO3/c1-2-17-12(16)11(10(15)8-13)14-9-6-4-3-5-7-9/h9H,2-8H2,1H3. The van der Waals surface area contributed by atoms with Crippen molar-refractivity contribution in [1.29, 1.82) is 0 Å². The van der Waals surface area contributed by atoms with E-state index in [0.717, 1.165) is 25.7 Å². The van der Waals surface area contributed by atoms with Gasteiger partial charge in [0, 0.05) is 0 Å². The smallest absolute Gasteiger partial charge is 0.360 e. The first-order valence-electron chi connectivity index (χ1n) is 6.03. The van der Waals surface area contributed by atoms with Gasteiger partial charge in [0.05, 0.1) is 18.5 Å². The number of ketones is 1. The number of halogens is 1. The van der Waals surface area contributed by atoms with Crippen LogP contribution in [-0.2, 0) is 14.3 Å². The second-order valence-corrected chi connectivity index (χ2v) is 4.31. The second kappa shape index (κ2) is 7.43. The number of esters is 1. The first-order valence-corrected chi connectivity index (χ1v) is 6.56. The molecule has 1 rings (SSSR count). The molecule has 0 N–H and O–H groups in total. The van der Waals surface area contributed by atoms with Crippen LogP contribution in [0, 0.1) is 0 Å². The maximum atomic E-state index is 11.6. The van der Waals surface area contributed by atoms with Crippen LogP contribution in [-0.4, -0.2) is 36.0 Å². The van der Waals surface area contributed by atoms with Crippen molar-refractivity contribution in [3.05, 3.63) is 0 Å². The van der Waals surface area contributed by atoms with Gasteiger partial charge in [-0.05, 0) is 19.8 Å². The molecule has 17 heavy (non-hydrogen) atoms. The van der Waals surface area contributed by atoms with Crippen LogP contribution in [0.25, 0.3) is 0 Å². The minimum atomic E-state index is -0.649. The van der Waals surface area contributed by atoms with Gasteiger partial charge < -0.3 is 4.74 Å². The van der Waals surface area contributed by atoms with Crippen molar-refractivity contribution in [2.75, 3.05) is 12.5 Å². The zero-order valence-electron chi connectivity index (χ0n) is 10.1. The quantitative estimate of drug-likeness (QED) is 0.329. The van der Waals surface area contributed by atoms with Crippen LogP contribution >= 0.6 is 11.6 Å². The van der Waals surface area contributed by atoms with Crippen molar-refractivity contribution in [2.24, 2.45) is 4.99 Å². The molecule has 0 saturated heterocycles. The van der Waals surface area contributed by atoms with E-state index in [2.05, 4.69) is 4.99 Å². The number of ether oxygens (including phenoxy) is 1. The minimum absolute atomic E-state index is 0.0651. The molecule has 5 heteroatoms. The number of hydrogen-bond acceptors (Lipinski definition) is 4. The first-order chi connectivity index (χ1) is 8.19. The Morgan fingerprint density at radius 2 is 1.94 bits per heavy atom. The molecule has 1 aliphatic carbocycles. The molecule has 1 fully saturated rings. The Balaban J connectivity index is 2.76. The van der Waals surface area contributed by atoms with Gasteiger partial charge in [-0.3, -0.25) is 9.79 Å². The summed E-state index contributed by atoms with van der Waals surface area (Å²) in [5, 5.41) is 0. The highest BCUT2D eigenvalue weighted by Gasteiger charge is 2.23. The maximum absolute atomic E-state index is 11.6. The molecule has 0 atom stereocenters. The summed E-state index contributed by atoms with van der Waals surface area (Å²) in [4.78, 5) is 27.4. The SMILES string of the molecule is CCOC(=O)C(=NC1CCCCC1)C(=O)CCl. The molecule has 1 saturated carbocycles. The Kier molecular flexibility index (Phi) is 6.19. The fourth-order valence-electron chi connectivity index (χ4n) is 1.89. The van der Waals surface area contributed by atoms with Crippen molar-refractivity contribution in [2.45, 2.75) is 45.1 Å². The fourth-order valence-corrected chi connectivity index (χ4v) is 2.02. The fraction of sp³-hybridized carbons (Fsp3) is 0.750. The number of nitrogens with zero attached hydrogens (tertiary/aromatic N) is 1. The number of aliphatic imine (C=N–C) groups is 1. The summed E-state index contributed by atoms with van der Waals surface area (Å²) in [7, 11) is 0. The molecule has 1 aliphatic rings. The lowest BCUT2D eigenvalue weighted by Crippen LogP contribution is -2.29. The Labute approximate surface area is 106 Å². The van der Waals surface area contributed by atoms with Crippen LogP contribution in [0.5, 0.6) is 0 Å². The van der Waals surface area contributed by atoms with Crippen molar-refractivity contribution >= 4 is 29.1 Å². The van der Waals surface area contributed by atoms with Gasteiger partial charge in [-0.1, -0.05) is 19.3 Å². The summed E-state index contributed by atoms with van der Waals surface area (Å²) in [6.07, 6.45) is 5.25. The molecule has 0 unspecified atom stereocenters. The predicted molar refractivity (Wildman–Crippen MR) is 66.7 cm³/mol. The number of alkyl halides is 1. The lowest BCUT2D eigenvalue weighted by atomic mass is 9.96. The molecule has 0 bridgehead atoms. The largest absolute Gasteiger partial charge is 0.461 e. The highest BCUT2D eigenvalue weighted by Crippen LogP contribution is 2.20. The van der Waals surface area contributed by atoms with Gasteiger partial charge in [0.15, 0.2) is 5.71 Å². The molecule has 0 radical (unpaired) electrons. The average Bonchev–Trinajstić information content (AvgIpc) is 2.36. The van der Waals surface area contributed by atoms with E-state index in [0.29, 0.717) is 0 Å². The van der Waals surface area contributed by atoms with Crippen LogP contribution in [0.3, 0.4) is 0 Å². The van der Waals surface area contributed by atoms with Crippen molar-refractivity contribution in [3.8, 4) is 0 Å². The van der Waals surface area contributed by atoms with E-state index in [1.54, 1.807) is 6.92 Å². The number of Topliss-reactive ketones (excluding diaryl/α,β-unsaturated/α-hetero) is 1. The topological polar surface area (TPSA) is 55.7 Å². The van der Waals surface area contributed by atoms with Crippen LogP contribution in [0.2, 0.25) is 0 Å². The number of carbonyl (C=O) groups excluding carboxylic acids is 2. The summed E-state index contributed by atoms with van der Waals surface area (Å²) in [6, 6.07) is 0.0651. The highest BCUT2D eigenvalue weighted by molar-refractivity contribution is 6.67. The van der Waals surface area contributed by atoms with Gasteiger partial charge in [-0.25, -0.2) is 4.79 Å². The van der Waals surface area contributed by atoms with Crippen molar-refractivity contribution in [1.82, 2.24) is 0 Å². The molecule has 96 valence electrons. The molecule has 0 amide bonds. The molecule has 4 nitrogen and oxygen atoms in total. The molecule has 0 aromatic heterocycles. The zero-order chi connectivity index (χ0) is 12.7. The van der Waals surface area contributed by atoms with E-state index in [9.17, 15) is 9.59 Å². The van der Waals surface area contributed by atoms with Gasteiger partial charge in [0.1, 0.15) is 0 Å². The average molecular weight is 260 g/mol. The molecular weight excluding hydrogens is 242 g/mol. The predicted octanol–water partition coefficient (Wildman–Crippen LogP) is 2.13. The summed E-state index contributed by atoms with van der Waals surface area (Å²) in [5.41, 5.74) is -0.117. The van der Waals surface area contributed by atoms with E-state index in [-0.39, 0.29) is 24.2 Å². The van der Waals surface area contributed by atoms with Gasteiger partial charge in [-0.2, -0.15) is 0 Å². The normalized spacial score (nSPS) is 17.9. The molecule has 0 aliphatic heterocycles. The Morgan fingerprint density at radius 3 is 2.47 bits per heavy atom. The minimum Gasteiger partial charge on any atom is -0.461 e. The molecule has 0 heterocycles. The molecule has 0 spiro atoms. The van der Waals surface area contributed by atoms with Gasteiger partial charge in [0.2, 0.25) is 5.78 Å². The third kappa shape index (κ3) is 4.46. The summed E-state index contributed by atoms with van der Waals surface area (Å²) in [6.45, 7) is 1.93. The maximum Gasteiger partial charge on any atom is 0.360 e. The summed E-state index contributed by atoms with van der Waals surface area (Å²) >= 11 is 5.47. The third-order valence-electron chi connectivity index (χ3n) is 2.74. The lowest BCUT2D eigenvalue weighted by molar-refractivity contribution is -0.135. The van der Waals surface area contributed by atoms with Gasteiger partial charge in [-0.15, -0.1) is 11.6 Å². The number of carbonyl (C=O) groups is 2. The third-order valence-corrected chi connectivity index (χ3v) is 2.98. The van der Waals surface area contributed by atoms with E-state index in [1.807, 2.05) is 0 Å². The lowest BCUT2D eigenvalue weighted by Gasteiger charge is -2.18. The summed E-state index contributed by atoms with van der Waals surface area (Å²) < 4.78 is 4.82. The Hall–Kier alpha value is -0.900. The Bertz CT molecular complexity index is 309. The highest BCUT2D eigenvalue weighted by atomic mass is 35.5. The van der Waals surface area contributed by atoms with Crippen LogP contribution in [0.4, 0.5) is 0 Å². The van der Waals surface area contributed by atoms with Crippen LogP contribution in [0.1, 0.15) is 39.0 Å².